The van der Waals surface area contributed by atoms with Crippen LogP contribution in [0.4, 0.5) is 114 Å². The van der Waals surface area contributed by atoms with Crippen LogP contribution < -0.4 is 0 Å². The van der Waals surface area contributed by atoms with Crippen molar-refractivity contribution in [3.63, 3.8) is 0 Å². The summed E-state index contributed by atoms with van der Waals surface area (Å²) in [6.07, 6.45) is -42.1. The second-order valence-corrected chi connectivity index (χ2v) is 9.11. The molecular weight excluding hydrogens is 762 g/mol. The average Bonchev–Trinajstić information content (AvgIpc) is 2.74. The van der Waals surface area contributed by atoms with E-state index in [1.807, 2.05) is 0 Å². The molecule has 0 spiro atoms. The standard InChI is InChI=1S/C13H2F26O5S/c14-2(15,1-42-45(40,41)13(37,38)39)3(16,17)9(29,30)43-11(33,34)6(22,23)7(24,25)12(35,36)44-10(31,32)5(20,21)4(18,19)8(26,27)28/h1H2. The lowest BCUT2D eigenvalue weighted by molar-refractivity contribution is -0.543. The molecule has 0 atom stereocenters. The normalized spacial score (nSPS) is 16.8. The van der Waals surface area contributed by atoms with Crippen LogP contribution in [0.25, 0.3) is 0 Å². The molecule has 0 aromatic rings. The van der Waals surface area contributed by atoms with Crippen LogP contribution in [0.1, 0.15) is 0 Å². The minimum atomic E-state index is -8.99. The van der Waals surface area contributed by atoms with E-state index < -0.39 is 88.4 Å². The van der Waals surface area contributed by atoms with E-state index in [-0.39, 0.29) is 0 Å². The lowest BCUT2D eigenvalue weighted by Gasteiger charge is -2.40. The number of hydrogen-bond donors (Lipinski definition) is 0. The summed E-state index contributed by atoms with van der Waals surface area (Å²) in [7, 11) is -7.46. The summed E-state index contributed by atoms with van der Waals surface area (Å²) >= 11 is 0. The summed E-state index contributed by atoms with van der Waals surface area (Å²) in [5.41, 5.74) is -6.82. The molecule has 0 N–H and O–H groups in total. The lowest BCUT2D eigenvalue weighted by Crippen LogP contribution is -2.69. The molecule has 272 valence electrons. The number of alkyl halides is 26. The molecule has 0 aliphatic heterocycles. The molecule has 0 aliphatic rings. The first-order chi connectivity index (χ1) is 18.9. The molecule has 0 aliphatic carbocycles. The van der Waals surface area contributed by atoms with E-state index in [2.05, 4.69) is 4.18 Å². The Bertz CT molecular complexity index is 1160. The maximum atomic E-state index is 13.5. The first-order valence-corrected chi connectivity index (χ1v) is 10.5. The molecule has 0 radical (unpaired) electrons. The van der Waals surface area contributed by atoms with Crippen molar-refractivity contribution in [2.45, 2.75) is 71.7 Å². The van der Waals surface area contributed by atoms with Crippen LogP contribution >= 0.6 is 0 Å². The van der Waals surface area contributed by atoms with E-state index in [0.29, 0.717) is 0 Å². The van der Waals surface area contributed by atoms with Crippen molar-refractivity contribution >= 4 is 10.1 Å². The van der Waals surface area contributed by atoms with Gasteiger partial charge in [0.05, 0.1) is 0 Å². The van der Waals surface area contributed by atoms with Gasteiger partial charge >= 0.3 is 81.8 Å². The molecule has 45 heavy (non-hydrogen) atoms. The van der Waals surface area contributed by atoms with Gasteiger partial charge in [-0.2, -0.15) is 123 Å². The number of halogens is 26. The molecule has 0 rings (SSSR count). The van der Waals surface area contributed by atoms with E-state index in [4.69, 9.17) is 0 Å². The van der Waals surface area contributed by atoms with Gasteiger partial charge in [0.2, 0.25) is 0 Å². The highest BCUT2D eigenvalue weighted by molar-refractivity contribution is 7.87. The fourth-order valence-corrected chi connectivity index (χ4v) is 2.26. The molecule has 0 fully saturated rings. The fraction of sp³-hybridized carbons (Fsp3) is 1.00. The minimum absolute atomic E-state index is 0.824. The summed E-state index contributed by atoms with van der Waals surface area (Å²) in [6, 6.07) is 0. The van der Waals surface area contributed by atoms with Crippen molar-refractivity contribution in [1.29, 1.82) is 0 Å². The molecule has 0 bridgehead atoms. The molecular formula is C13H2F26O5S. The van der Waals surface area contributed by atoms with Gasteiger partial charge in [0, 0.05) is 0 Å². The highest BCUT2D eigenvalue weighted by atomic mass is 32.2. The Morgan fingerprint density at radius 1 is 0.378 bits per heavy atom. The Morgan fingerprint density at radius 2 is 0.622 bits per heavy atom. The quantitative estimate of drug-likeness (QED) is 0.104. The Balaban J connectivity index is 6.61. The van der Waals surface area contributed by atoms with Gasteiger partial charge in [0.25, 0.3) is 0 Å². The second kappa shape index (κ2) is 11.0. The van der Waals surface area contributed by atoms with E-state index in [1.165, 1.54) is 0 Å². The Morgan fingerprint density at radius 3 is 0.867 bits per heavy atom. The molecule has 5 nitrogen and oxygen atoms in total. The van der Waals surface area contributed by atoms with Gasteiger partial charge in [-0.1, -0.05) is 0 Å². The van der Waals surface area contributed by atoms with E-state index >= 15 is 0 Å². The van der Waals surface area contributed by atoms with Crippen molar-refractivity contribution in [2.75, 3.05) is 6.61 Å². The molecule has 0 heterocycles. The maximum Gasteiger partial charge on any atom is 0.523 e. The van der Waals surface area contributed by atoms with Crippen molar-refractivity contribution < 1.29 is 136 Å². The fourth-order valence-electron chi connectivity index (χ4n) is 1.83. The number of rotatable bonds is 14. The Hall–Kier alpha value is -1.99. The van der Waals surface area contributed by atoms with Crippen LogP contribution in [0.2, 0.25) is 0 Å². The van der Waals surface area contributed by atoms with Crippen molar-refractivity contribution in [3.05, 3.63) is 0 Å². The topological polar surface area (TPSA) is 61.8 Å². The average molecular weight is 764 g/mol. The van der Waals surface area contributed by atoms with Crippen LogP contribution in [-0.2, 0) is 23.8 Å². The zero-order chi connectivity index (χ0) is 37.3. The summed E-state index contributed by atoms with van der Waals surface area (Å²) < 4.78 is 361. The van der Waals surface area contributed by atoms with Crippen molar-refractivity contribution in [2.24, 2.45) is 0 Å². The highest BCUT2D eigenvalue weighted by Crippen LogP contribution is 2.60. The summed E-state index contributed by atoms with van der Waals surface area (Å²) in [5, 5.41) is 0. The Labute approximate surface area is 226 Å². The summed E-state index contributed by atoms with van der Waals surface area (Å²) in [5.74, 6) is -50.4. The van der Waals surface area contributed by atoms with Crippen molar-refractivity contribution in [3.8, 4) is 0 Å². The second-order valence-electron chi connectivity index (χ2n) is 7.51. The molecule has 0 saturated heterocycles. The predicted molar refractivity (Wildman–Crippen MR) is 78.6 cm³/mol. The van der Waals surface area contributed by atoms with Crippen molar-refractivity contribution in [1.82, 2.24) is 0 Å². The van der Waals surface area contributed by atoms with Gasteiger partial charge in [-0.15, -0.1) is 0 Å². The third-order valence-corrected chi connectivity index (χ3v) is 5.25. The third-order valence-electron chi connectivity index (χ3n) is 4.26. The van der Waals surface area contributed by atoms with Gasteiger partial charge in [-0.3, -0.25) is 4.18 Å². The summed E-state index contributed by atoms with van der Waals surface area (Å²) in [4.78, 5) is 0. The molecule has 0 saturated carbocycles. The molecule has 0 unspecified atom stereocenters. The smallest absolute Gasteiger partial charge is 0.257 e. The van der Waals surface area contributed by atoms with Crippen LogP contribution in [-0.4, -0.2) is 86.7 Å². The Kier molecular flexibility index (Phi) is 10.5. The molecule has 0 aromatic heterocycles. The van der Waals surface area contributed by atoms with Gasteiger partial charge in [0.1, 0.15) is 6.61 Å². The van der Waals surface area contributed by atoms with Gasteiger partial charge < -0.3 is 0 Å². The third kappa shape index (κ3) is 7.00. The van der Waals surface area contributed by atoms with Crippen LogP contribution in [0.15, 0.2) is 0 Å². The van der Waals surface area contributed by atoms with E-state index in [0.717, 1.165) is 9.47 Å². The first-order valence-electron chi connectivity index (χ1n) is 9.08. The molecule has 0 aromatic carbocycles. The number of hydrogen-bond acceptors (Lipinski definition) is 5. The first kappa shape index (κ1) is 43.0. The van der Waals surface area contributed by atoms with Crippen LogP contribution in [0, 0.1) is 0 Å². The molecule has 32 heteroatoms. The highest BCUT2D eigenvalue weighted by Gasteiger charge is 2.90. The maximum absolute atomic E-state index is 13.5. The van der Waals surface area contributed by atoms with Gasteiger partial charge in [-0.25, -0.2) is 9.47 Å². The minimum Gasteiger partial charge on any atom is -0.257 e. The largest absolute Gasteiger partial charge is 0.523 e. The zero-order valence-corrected chi connectivity index (χ0v) is 19.8. The predicted octanol–water partition coefficient (Wildman–Crippen LogP) is 7.63. The zero-order valence-electron chi connectivity index (χ0n) is 19.0. The van der Waals surface area contributed by atoms with Gasteiger partial charge in [0.15, 0.2) is 0 Å². The SMILES string of the molecule is O=S(=O)(OCC(F)(F)C(F)(F)C(F)(F)OC(F)(F)C(F)(F)C(F)(F)C(F)(F)OC(F)(F)C(F)(F)C(F)(F)C(F)(F)F)C(F)(F)F. The van der Waals surface area contributed by atoms with Gasteiger partial charge in [-0.05, 0) is 0 Å². The van der Waals surface area contributed by atoms with Crippen LogP contribution in [0.3, 0.4) is 0 Å². The summed E-state index contributed by atoms with van der Waals surface area (Å²) in [6.45, 7) is -4.21. The van der Waals surface area contributed by atoms with E-state index in [9.17, 15) is 123 Å². The van der Waals surface area contributed by atoms with E-state index in [1.54, 1.807) is 0 Å². The number of ether oxygens (including phenoxy) is 2. The van der Waals surface area contributed by atoms with Crippen LogP contribution in [0.5, 0.6) is 0 Å². The monoisotopic (exact) mass is 764 g/mol. The molecule has 0 amide bonds. The lowest BCUT2D eigenvalue weighted by atomic mass is 10.1.